The van der Waals surface area contributed by atoms with E-state index in [2.05, 4.69) is 9.97 Å². The maximum absolute atomic E-state index is 5.65. The van der Waals surface area contributed by atoms with E-state index in [1.54, 1.807) is 0 Å². The van der Waals surface area contributed by atoms with E-state index in [1.807, 2.05) is 20.8 Å². The monoisotopic (exact) mass is 200 g/mol. The molecule has 0 saturated carbocycles. The third-order valence-corrected chi connectivity index (χ3v) is 1.93. The van der Waals surface area contributed by atoms with E-state index < -0.39 is 0 Å². The fourth-order valence-corrected chi connectivity index (χ4v) is 1.40. The van der Waals surface area contributed by atoms with Crippen molar-refractivity contribution in [2.24, 2.45) is 0 Å². The van der Waals surface area contributed by atoms with Gasteiger partial charge in [0, 0.05) is 11.3 Å². The van der Waals surface area contributed by atoms with Crippen molar-refractivity contribution in [3.8, 4) is 0 Å². The first-order valence-electron chi connectivity index (χ1n) is 4.37. The Bertz CT molecular complexity index is 302. The highest BCUT2D eigenvalue weighted by Gasteiger charge is 2.16. The summed E-state index contributed by atoms with van der Waals surface area (Å²) in [5, 5.41) is 0.312. The smallest absolute Gasteiger partial charge is 0.222 e. The maximum Gasteiger partial charge on any atom is 0.222 e. The Morgan fingerprint density at radius 2 is 1.92 bits per heavy atom. The number of aryl methyl sites for hydroxylation is 1. The van der Waals surface area contributed by atoms with Crippen LogP contribution in [0.5, 0.6) is 0 Å². The molecule has 0 atom stereocenters. The second kappa shape index (κ2) is 4.53. The summed E-state index contributed by atoms with van der Waals surface area (Å²) in [5.41, 5.74) is 2.95. The lowest BCUT2D eigenvalue weighted by molar-refractivity contribution is 0.133. The summed E-state index contributed by atoms with van der Waals surface area (Å²) in [4.78, 5) is 8.06. The molecule has 0 unspecified atom stereocenters. The van der Waals surface area contributed by atoms with Gasteiger partial charge in [-0.05, 0) is 18.5 Å². The van der Waals surface area contributed by atoms with Gasteiger partial charge in [-0.1, -0.05) is 13.8 Å². The Morgan fingerprint density at radius 3 is 2.62 bits per heavy atom. The molecule has 1 aliphatic heterocycles. The molecule has 0 N–H and O–H groups in total. The van der Waals surface area contributed by atoms with Crippen molar-refractivity contribution in [1.29, 1.82) is 0 Å². The molecule has 0 aromatic carbocycles. The summed E-state index contributed by atoms with van der Waals surface area (Å²) in [7, 11) is 0. The van der Waals surface area contributed by atoms with Gasteiger partial charge in [-0.2, -0.15) is 0 Å². The van der Waals surface area contributed by atoms with E-state index in [9.17, 15) is 0 Å². The third kappa shape index (κ3) is 2.17. The Labute approximate surface area is 83.1 Å². The maximum atomic E-state index is 5.65. The Morgan fingerprint density at radius 1 is 1.23 bits per heavy atom. The highest BCUT2D eigenvalue weighted by Crippen LogP contribution is 2.21. The normalized spacial score (nSPS) is 13.2. The molecule has 72 valence electrons. The van der Waals surface area contributed by atoms with Crippen LogP contribution in [0, 0.1) is 6.92 Å². The predicted molar refractivity (Wildman–Crippen MR) is 51.6 cm³/mol. The van der Waals surface area contributed by atoms with Gasteiger partial charge >= 0.3 is 0 Å². The summed E-state index contributed by atoms with van der Waals surface area (Å²) in [6.45, 7) is 7.11. The molecule has 2 rings (SSSR count). The summed E-state index contributed by atoms with van der Waals surface area (Å²) < 4.78 is 5.19. The number of aromatic nitrogens is 2. The van der Waals surface area contributed by atoms with Gasteiger partial charge < -0.3 is 4.74 Å². The van der Waals surface area contributed by atoms with Crippen LogP contribution in [-0.4, -0.2) is 9.97 Å². The number of rotatable bonds is 0. The molecule has 0 radical (unpaired) electrons. The van der Waals surface area contributed by atoms with Gasteiger partial charge in [0.05, 0.1) is 18.9 Å². The predicted octanol–water partition coefficient (Wildman–Crippen LogP) is 2.49. The minimum Gasteiger partial charge on any atom is -0.370 e. The quantitative estimate of drug-likeness (QED) is 0.604. The van der Waals surface area contributed by atoms with Gasteiger partial charge in [0.1, 0.15) is 0 Å². The van der Waals surface area contributed by atoms with Crippen LogP contribution in [0.25, 0.3) is 0 Å². The van der Waals surface area contributed by atoms with E-state index in [4.69, 9.17) is 16.3 Å². The number of halogens is 1. The van der Waals surface area contributed by atoms with E-state index in [-0.39, 0.29) is 0 Å². The zero-order chi connectivity index (χ0) is 9.84. The Balaban J connectivity index is 0.000000396. The van der Waals surface area contributed by atoms with Crippen LogP contribution in [0.15, 0.2) is 0 Å². The van der Waals surface area contributed by atoms with Crippen molar-refractivity contribution in [2.75, 3.05) is 0 Å². The van der Waals surface area contributed by atoms with E-state index in [0.717, 1.165) is 17.0 Å². The molecule has 0 fully saturated rings. The summed E-state index contributed by atoms with van der Waals surface area (Å²) >= 11 is 5.65. The second-order valence-corrected chi connectivity index (χ2v) is 2.83. The van der Waals surface area contributed by atoms with Crippen LogP contribution in [0.3, 0.4) is 0 Å². The van der Waals surface area contributed by atoms with Gasteiger partial charge in [0.2, 0.25) is 5.28 Å². The molecule has 3 nitrogen and oxygen atoms in total. The lowest BCUT2D eigenvalue weighted by Gasteiger charge is -1.99. The van der Waals surface area contributed by atoms with Crippen LogP contribution in [0.2, 0.25) is 5.28 Å². The largest absolute Gasteiger partial charge is 0.370 e. The summed E-state index contributed by atoms with van der Waals surface area (Å²) in [6, 6.07) is 0. The molecule has 0 amide bonds. The van der Waals surface area contributed by atoms with Crippen molar-refractivity contribution in [2.45, 2.75) is 34.0 Å². The van der Waals surface area contributed by atoms with Gasteiger partial charge in [0.25, 0.3) is 0 Å². The highest BCUT2D eigenvalue weighted by molar-refractivity contribution is 6.28. The Hall–Kier alpha value is -0.670. The lowest BCUT2D eigenvalue weighted by Crippen LogP contribution is -1.96. The molecule has 1 aromatic heterocycles. The average Bonchev–Trinajstić information content (AvgIpc) is 2.55. The number of fused-ring (bicyclic) bond motifs is 1. The second-order valence-electron chi connectivity index (χ2n) is 2.50. The highest BCUT2D eigenvalue weighted by atomic mass is 35.5. The molecule has 2 heterocycles. The lowest BCUT2D eigenvalue weighted by atomic mass is 10.2. The van der Waals surface area contributed by atoms with Gasteiger partial charge in [-0.3, -0.25) is 0 Å². The molecule has 0 bridgehead atoms. The van der Waals surface area contributed by atoms with Crippen molar-refractivity contribution in [1.82, 2.24) is 9.97 Å². The first-order chi connectivity index (χ1) is 6.27. The summed E-state index contributed by atoms with van der Waals surface area (Å²) in [5.74, 6) is 0. The molecule has 4 heteroatoms. The molecule has 0 aliphatic carbocycles. The molecular formula is C9H13ClN2O. The van der Waals surface area contributed by atoms with Crippen molar-refractivity contribution >= 4 is 11.6 Å². The van der Waals surface area contributed by atoms with E-state index in [0.29, 0.717) is 18.5 Å². The van der Waals surface area contributed by atoms with Gasteiger partial charge in [-0.15, -0.1) is 0 Å². The zero-order valence-electron chi connectivity index (χ0n) is 8.09. The first kappa shape index (κ1) is 10.4. The van der Waals surface area contributed by atoms with Crippen LogP contribution in [0.4, 0.5) is 0 Å². The zero-order valence-corrected chi connectivity index (χ0v) is 8.85. The van der Waals surface area contributed by atoms with Gasteiger partial charge in [-0.25, -0.2) is 9.97 Å². The minimum absolute atomic E-state index is 0.312. The first-order valence-corrected chi connectivity index (χ1v) is 4.75. The van der Waals surface area contributed by atoms with Crippen LogP contribution >= 0.6 is 11.6 Å². The van der Waals surface area contributed by atoms with Gasteiger partial charge in [0.15, 0.2) is 0 Å². The van der Waals surface area contributed by atoms with Crippen molar-refractivity contribution in [3.05, 3.63) is 22.2 Å². The molecule has 1 aliphatic rings. The number of ether oxygens (including phenoxy) is 1. The van der Waals surface area contributed by atoms with Crippen LogP contribution in [-0.2, 0) is 18.0 Å². The average molecular weight is 201 g/mol. The van der Waals surface area contributed by atoms with E-state index >= 15 is 0 Å². The topological polar surface area (TPSA) is 35.0 Å². The third-order valence-electron chi connectivity index (χ3n) is 1.76. The summed E-state index contributed by atoms with van der Waals surface area (Å²) in [6.07, 6.45) is 0. The van der Waals surface area contributed by atoms with E-state index in [1.165, 1.54) is 0 Å². The molecule has 13 heavy (non-hydrogen) atoms. The van der Waals surface area contributed by atoms with Crippen molar-refractivity contribution in [3.63, 3.8) is 0 Å². The standard InChI is InChI=1S/C7H7ClN2O.C2H6/c1-4-5-2-11-3-6(5)10-7(8)9-4;1-2/h2-3H2,1H3;1-2H3. The number of hydrogen-bond donors (Lipinski definition) is 0. The fourth-order valence-electron chi connectivity index (χ4n) is 1.18. The minimum atomic E-state index is 0.312. The number of hydrogen-bond acceptors (Lipinski definition) is 3. The Kier molecular flexibility index (Phi) is 3.63. The van der Waals surface area contributed by atoms with Crippen LogP contribution < -0.4 is 0 Å². The SMILES string of the molecule is CC.Cc1nc(Cl)nc2c1COC2. The molecular weight excluding hydrogens is 188 g/mol. The molecule has 0 spiro atoms. The molecule has 1 aromatic rings. The van der Waals surface area contributed by atoms with Crippen molar-refractivity contribution < 1.29 is 4.74 Å². The van der Waals surface area contributed by atoms with Crippen LogP contribution in [0.1, 0.15) is 30.8 Å². The fraction of sp³-hybridized carbons (Fsp3) is 0.556. The molecule has 0 saturated heterocycles. The number of nitrogens with zero attached hydrogens (tertiary/aromatic N) is 2.